The van der Waals surface area contributed by atoms with E-state index in [1.165, 1.54) is 7.11 Å². The van der Waals surface area contributed by atoms with E-state index in [4.69, 9.17) is 20.0 Å². The van der Waals surface area contributed by atoms with Crippen LogP contribution in [0.15, 0.2) is 77.8 Å². The summed E-state index contributed by atoms with van der Waals surface area (Å²) in [6.07, 6.45) is 3.76. The van der Waals surface area contributed by atoms with Crippen molar-refractivity contribution in [3.05, 3.63) is 78.5 Å². The Hall–Kier alpha value is -3.25. The molecule has 0 spiro atoms. The number of pyridine rings is 1. The normalized spacial score (nSPS) is 11.4. The predicted octanol–water partition coefficient (Wildman–Crippen LogP) is 3.39. The molecule has 0 radical (unpaired) electrons. The van der Waals surface area contributed by atoms with E-state index in [1.807, 2.05) is 18.2 Å². The van der Waals surface area contributed by atoms with E-state index in [2.05, 4.69) is 16.6 Å². The topological polar surface area (TPSA) is 87.8 Å². The molecular weight excluding hydrogens is 330 g/mol. The van der Waals surface area contributed by atoms with E-state index in [9.17, 15) is 0 Å². The fraction of sp³-hybridized carbons (Fsp3) is 0.150. The molecule has 0 amide bonds. The van der Waals surface area contributed by atoms with Crippen LogP contribution in [0.2, 0.25) is 0 Å². The molecule has 6 heteroatoms. The van der Waals surface area contributed by atoms with Crippen molar-refractivity contribution in [3.8, 4) is 11.6 Å². The van der Waals surface area contributed by atoms with Crippen molar-refractivity contribution in [2.75, 3.05) is 13.7 Å². The van der Waals surface area contributed by atoms with Crippen LogP contribution in [-0.4, -0.2) is 35.5 Å². The van der Waals surface area contributed by atoms with E-state index < -0.39 is 0 Å². The van der Waals surface area contributed by atoms with Crippen molar-refractivity contribution < 1.29 is 14.6 Å². The zero-order chi connectivity index (χ0) is 18.8. The van der Waals surface area contributed by atoms with Crippen LogP contribution in [0.3, 0.4) is 0 Å². The molecule has 2 rings (SSSR count). The Bertz CT molecular complexity index is 814. The van der Waals surface area contributed by atoms with Gasteiger partial charge in [-0.3, -0.25) is 5.41 Å². The van der Waals surface area contributed by atoms with Gasteiger partial charge in [-0.25, -0.2) is 4.98 Å². The molecule has 26 heavy (non-hydrogen) atoms. The summed E-state index contributed by atoms with van der Waals surface area (Å²) in [5.41, 5.74) is 1.09. The van der Waals surface area contributed by atoms with E-state index in [1.54, 1.807) is 42.5 Å². The molecule has 0 atom stereocenters. The van der Waals surface area contributed by atoms with Gasteiger partial charge in [-0.2, -0.15) is 4.99 Å². The first-order valence-electron chi connectivity index (χ1n) is 8.00. The standard InChI is InChI=1S/C20H21N3O3/c1-15(13-14-24)11-12-19(26-16-7-4-3-5-8-16)23-20(21)17-9-6-10-18(22-17)25-2/h3-12,21,24H,1,13-14H2,2H3/b12-11+,21-20?,23-19+. The number of hydrogen-bond donors (Lipinski definition) is 2. The highest BCUT2D eigenvalue weighted by molar-refractivity contribution is 6.05. The van der Waals surface area contributed by atoms with E-state index >= 15 is 0 Å². The largest absolute Gasteiger partial charge is 0.481 e. The van der Waals surface area contributed by atoms with Crippen LogP contribution in [0.4, 0.5) is 0 Å². The fourth-order valence-electron chi connectivity index (χ4n) is 1.95. The molecule has 0 aliphatic rings. The van der Waals surface area contributed by atoms with Crippen LogP contribution in [0, 0.1) is 5.41 Å². The summed E-state index contributed by atoms with van der Waals surface area (Å²) in [7, 11) is 1.51. The molecule has 134 valence electrons. The second-order valence-electron chi connectivity index (χ2n) is 5.24. The Kier molecular flexibility index (Phi) is 7.27. The summed E-state index contributed by atoms with van der Waals surface area (Å²) in [4.78, 5) is 8.41. The number of allylic oxidation sites excluding steroid dienone is 1. The lowest BCUT2D eigenvalue weighted by Gasteiger charge is -2.07. The third-order valence-corrected chi connectivity index (χ3v) is 3.26. The van der Waals surface area contributed by atoms with Gasteiger partial charge in [0.25, 0.3) is 0 Å². The number of benzene rings is 1. The zero-order valence-corrected chi connectivity index (χ0v) is 14.6. The smallest absolute Gasteiger partial charge is 0.221 e. The number of nitrogens with one attached hydrogen (secondary N) is 1. The molecule has 6 nitrogen and oxygen atoms in total. The van der Waals surface area contributed by atoms with Crippen LogP contribution in [-0.2, 0) is 0 Å². The van der Waals surface area contributed by atoms with Gasteiger partial charge in [0, 0.05) is 18.7 Å². The number of aliphatic imine (C=N–C) groups is 1. The van der Waals surface area contributed by atoms with Gasteiger partial charge in [0.1, 0.15) is 11.4 Å². The average molecular weight is 351 g/mol. The monoisotopic (exact) mass is 351 g/mol. The first kappa shape index (κ1) is 19.1. The molecule has 1 heterocycles. The number of rotatable bonds is 7. The minimum atomic E-state index is -0.0627. The summed E-state index contributed by atoms with van der Waals surface area (Å²) in [5.74, 6) is 1.15. The molecule has 0 aliphatic heterocycles. The van der Waals surface area contributed by atoms with Crippen LogP contribution < -0.4 is 9.47 Å². The number of hydrogen-bond acceptors (Lipinski definition) is 5. The Balaban J connectivity index is 2.27. The molecule has 0 aliphatic carbocycles. The van der Waals surface area contributed by atoms with E-state index in [-0.39, 0.29) is 18.3 Å². The highest BCUT2D eigenvalue weighted by Gasteiger charge is 2.07. The van der Waals surface area contributed by atoms with Gasteiger partial charge < -0.3 is 14.6 Å². The summed E-state index contributed by atoms with van der Waals surface area (Å²) in [6.45, 7) is 3.86. The summed E-state index contributed by atoms with van der Waals surface area (Å²) >= 11 is 0. The lowest BCUT2D eigenvalue weighted by Crippen LogP contribution is -2.10. The van der Waals surface area contributed by atoms with E-state index in [0.29, 0.717) is 23.7 Å². The van der Waals surface area contributed by atoms with Gasteiger partial charge in [-0.05, 0) is 24.6 Å². The van der Waals surface area contributed by atoms with Gasteiger partial charge in [0.05, 0.1) is 7.11 Å². The number of methoxy groups -OCH3 is 1. The molecule has 0 bridgehead atoms. The Morgan fingerprint density at radius 1 is 1.19 bits per heavy atom. The van der Waals surface area contributed by atoms with Gasteiger partial charge in [0.2, 0.25) is 11.8 Å². The Labute approximate surface area is 152 Å². The summed E-state index contributed by atoms with van der Waals surface area (Å²) in [5, 5.41) is 17.2. The van der Waals surface area contributed by atoms with E-state index in [0.717, 1.165) is 5.57 Å². The molecule has 0 unspecified atom stereocenters. The molecule has 2 aromatic rings. The zero-order valence-electron chi connectivity index (χ0n) is 14.6. The number of ether oxygens (including phenoxy) is 2. The highest BCUT2D eigenvalue weighted by Crippen LogP contribution is 2.12. The molecule has 2 N–H and O–H groups in total. The molecule has 0 saturated heterocycles. The van der Waals surface area contributed by atoms with Crippen LogP contribution in [0.5, 0.6) is 11.6 Å². The number of nitrogens with zero attached hydrogens (tertiary/aromatic N) is 2. The van der Waals surface area contributed by atoms with Crippen molar-refractivity contribution in [1.29, 1.82) is 5.41 Å². The van der Waals surface area contributed by atoms with Crippen molar-refractivity contribution in [2.24, 2.45) is 4.99 Å². The number of aliphatic hydroxyl groups is 1. The minimum Gasteiger partial charge on any atom is -0.481 e. The van der Waals surface area contributed by atoms with Crippen LogP contribution >= 0.6 is 0 Å². The fourth-order valence-corrected chi connectivity index (χ4v) is 1.95. The summed E-state index contributed by atoms with van der Waals surface area (Å²) in [6, 6.07) is 14.3. The SMILES string of the molecule is C=C(/C=C/C(=N\C(=N)c1cccc(OC)n1)Oc1ccccc1)CCO. The molecule has 1 aromatic heterocycles. The average Bonchev–Trinajstić information content (AvgIpc) is 2.67. The second-order valence-corrected chi connectivity index (χ2v) is 5.24. The molecule has 0 fully saturated rings. The maximum Gasteiger partial charge on any atom is 0.221 e. The quantitative estimate of drug-likeness (QED) is 0.455. The molecular formula is C20H21N3O3. The first-order chi connectivity index (χ1) is 12.6. The van der Waals surface area contributed by atoms with Gasteiger partial charge in [-0.15, -0.1) is 0 Å². The minimum absolute atomic E-state index is 0.0126. The van der Waals surface area contributed by atoms with Crippen LogP contribution in [0.25, 0.3) is 0 Å². The van der Waals surface area contributed by atoms with Crippen molar-refractivity contribution in [1.82, 2.24) is 4.98 Å². The van der Waals surface area contributed by atoms with Gasteiger partial charge in [0.15, 0.2) is 5.84 Å². The maximum atomic E-state index is 8.97. The van der Waals surface area contributed by atoms with Crippen LogP contribution in [0.1, 0.15) is 12.1 Å². The van der Waals surface area contributed by atoms with Crippen molar-refractivity contribution in [2.45, 2.75) is 6.42 Å². The first-order valence-corrected chi connectivity index (χ1v) is 8.00. The number of aromatic nitrogens is 1. The maximum absolute atomic E-state index is 8.97. The summed E-state index contributed by atoms with van der Waals surface area (Å²) < 4.78 is 10.8. The van der Waals surface area contributed by atoms with Crippen molar-refractivity contribution in [3.63, 3.8) is 0 Å². The number of aliphatic hydroxyl groups excluding tert-OH is 1. The highest BCUT2D eigenvalue weighted by atomic mass is 16.5. The lowest BCUT2D eigenvalue weighted by molar-refractivity contribution is 0.300. The third-order valence-electron chi connectivity index (χ3n) is 3.26. The number of amidine groups is 1. The van der Waals surface area contributed by atoms with Crippen molar-refractivity contribution >= 4 is 11.7 Å². The lowest BCUT2D eigenvalue weighted by atomic mass is 10.2. The third kappa shape index (κ3) is 5.99. The van der Waals surface area contributed by atoms with Gasteiger partial charge >= 0.3 is 0 Å². The Morgan fingerprint density at radius 2 is 1.96 bits per heavy atom. The Morgan fingerprint density at radius 3 is 2.65 bits per heavy atom. The number of para-hydroxylation sites is 1. The predicted molar refractivity (Wildman–Crippen MR) is 102 cm³/mol. The molecule has 1 aromatic carbocycles. The molecule has 0 saturated carbocycles. The van der Waals surface area contributed by atoms with Gasteiger partial charge in [-0.1, -0.05) is 42.5 Å². The second kappa shape index (κ2) is 9.90.